The zero-order valence-electron chi connectivity index (χ0n) is 12.1. The van der Waals surface area contributed by atoms with Crippen molar-refractivity contribution in [3.63, 3.8) is 0 Å². The minimum Gasteiger partial charge on any atom is -0.444 e. The lowest BCUT2D eigenvalue weighted by Crippen LogP contribution is -2.45. The topological polar surface area (TPSA) is 50.4 Å². The first-order valence-electron chi connectivity index (χ1n) is 6.46. The molecule has 0 bridgehead atoms. The van der Waals surface area contributed by atoms with E-state index in [0.29, 0.717) is 18.5 Å². The first-order chi connectivity index (χ1) is 7.76. The van der Waals surface area contributed by atoms with Gasteiger partial charge < -0.3 is 15.4 Å². The summed E-state index contributed by atoms with van der Waals surface area (Å²) in [4.78, 5) is 11.5. The molecular weight excluding hydrogens is 216 g/mol. The average Bonchev–Trinajstić information content (AvgIpc) is 2.14. The largest absolute Gasteiger partial charge is 0.444 e. The quantitative estimate of drug-likeness (QED) is 0.755. The third kappa shape index (κ3) is 8.98. The van der Waals surface area contributed by atoms with Gasteiger partial charge in [0, 0.05) is 12.6 Å². The van der Waals surface area contributed by atoms with Crippen molar-refractivity contribution in [2.75, 3.05) is 13.1 Å². The maximum atomic E-state index is 11.5. The van der Waals surface area contributed by atoms with Gasteiger partial charge in [-0.2, -0.15) is 0 Å². The molecule has 0 saturated carbocycles. The van der Waals surface area contributed by atoms with Crippen LogP contribution in [0.25, 0.3) is 0 Å². The van der Waals surface area contributed by atoms with Crippen molar-refractivity contribution >= 4 is 6.09 Å². The van der Waals surface area contributed by atoms with Crippen molar-refractivity contribution in [1.82, 2.24) is 10.6 Å². The number of ether oxygens (including phenoxy) is 1. The Bertz CT molecular complexity index is 222. The van der Waals surface area contributed by atoms with Gasteiger partial charge in [-0.05, 0) is 39.7 Å². The Hall–Kier alpha value is -0.770. The first kappa shape index (κ1) is 16.2. The summed E-state index contributed by atoms with van der Waals surface area (Å²) in [5.74, 6) is 0.483. The summed E-state index contributed by atoms with van der Waals surface area (Å²) in [5, 5.41) is 6.22. The van der Waals surface area contributed by atoms with Crippen LogP contribution >= 0.6 is 0 Å². The highest BCUT2D eigenvalue weighted by Gasteiger charge is 2.18. The lowest BCUT2D eigenvalue weighted by atomic mass is 10.0. The molecule has 1 amide bonds. The third-order valence-electron chi connectivity index (χ3n) is 2.33. The predicted molar refractivity (Wildman–Crippen MR) is 71.2 cm³/mol. The minimum absolute atomic E-state index is 0.294. The van der Waals surface area contributed by atoms with Gasteiger partial charge >= 0.3 is 6.09 Å². The van der Waals surface area contributed by atoms with Crippen LogP contribution in [0.2, 0.25) is 0 Å². The van der Waals surface area contributed by atoms with E-state index < -0.39 is 5.60 Å². The minimum atomic E-state index is -0.436. The van der Waals surface area contributed by atoms with Crippen LogP contribution in [0.1, 0.15) is 48.0 Å². The Kier molecular flexibility index (Phi) is 7.19. The van der Waals surface area contributed by atoms with Crippen molar-refractivity contribution in [3.8, 4) is 0 Å². The molecule has 0 aromatic rings. The molecule has 0 aromatic carbocycles. The maximum absolute atomic E-state index is 11.5. The Balaban J connectivity index is 3.99. The highest BCUT2D eigenvalue weighted by molar-refractivity contribution is 5.67. The van der Waals surface area contributed by atoms with E-state index in [0.717, 1.165) is 13.0 Å². The highest BCUT2D eigenvalue weighted by Crippen LogP contribution is 2.07. The second-order valence-electron chi connectivity index (χ2n) is 5.69. The smallest absolute Gasteiger partial charge is 0.407 e. The average molecular weight is 244 g/mol. The summed E-state index contributed by atoms with van der Waals surface area (Å²) in [5.41, 5.74) is -0.436. The Morgan fingerprint density at radius 1 is 1.29 bits per heavy atom. The lowest BCUT2D eigenvalue weighted by molar-refractivity contribution is 0.0519. The molecule has 0 fully saturated rings. The van der Waals surface area contributed by atoms with Crippen LogP contribution in [-0.2, 0) is 4.74 Å². The molecule has 0 radical (unpaired) electrons. The lowest BCUT2D eigenvalue weighted by Gasteiger charge is -2.24. The molecule has 4 heteroatoms. The molecule has 102 valence electrons. The van der Waals surface area contributed by atoms with E-state index >= 15 is 0 Å². The molecule has 0 heterocycles. The molecule has 0 aromatic heterocycles. The molecule has 0 saturated heterocycles. The number of amides is 1. The van der Waals surface area contributed by atoms with Gasteiger partial charge in [0.15, 0.2) is 0 Å². The van der Waals surface area contributed by atoms with E-state index in [1.807, 2.05) is 20.8 Å². The molecule has 0 aliphatic carbocycles. The number of carbonyl (C=O) groups excluding carboxylic acids is 1. The van der Waals surface area contributed by atoms with Crippen LogP contribution in [0.3, 0.4) is 0 Å². The van der Waals surface area contributed by atoms with Crippen LogP contribution < -0.4 is 10.6 Å². The second-order valence-corrected chi connectivity index (χ2v) is 5.69. The van der Waals surface area contributed by atoms with Crippen molar-refractivity contribution in [2.45, 2.75) is 59.6 Å². The van der Waals surface area contributed by atoms with Gasteiger partial charge in [0.05, 0.1) is 0 Å². The fourth-order valence-electron chi connectivity index (χ4n) is 1.38. The first-order valence-corrected chi connectivity index (χ1v) is 6.46. The molecule has 0 spiro atoms. The van der Waals surface area contributed by atoms with Gasteiger partial charge in [-0.1, -0.05) is 20.8 Å². The van der Waals surface area contributed by atoms with E-state index in [4.69, 9.17) is 4.74 Å². The van der Waals surface area contributed by atoms with Gasteiger partial charge in [-0.3, -0.25) is 0 Å². The standard InChI is InChI=1S/C13H28N2O2/c1-7-8-14-11(10(2)3)9-15-12(16)17-13(4,5)6/h10-11,14H,7-9H2,1-6H3,(H,15,16). The van der Waals surface area contributed by atoms with Crippen LogP contribution in [0.4, 0.5) is 4.79 Å². The summed E-state index contributed by atoms with van der Waals surface area (Å²) in [7, 11) is 0. The maximum Gasteiger partial charge on any atom is 0.407 e. The van der Waals surface area contributed by atoms with Gasteiger partial charge in [0.2, 0.25) is 0 Å². The molecule has 4 nitrogen and oxygen atoms in total. The second kappa shape index (κ2) is 7.54. The van der Waals surface area contributed by atoms with Crippen molar-refractivity contribution in [3.05, 3.63) is 0 Å². The molecule has 2 N–H and O–H groups in total. The fourth-order valence-corrected chi connectivity index (χ4v) is 1.38. The van der Waals surface area contributed by atoms with Crippen molar-refractivity contribution in [2.24, 2.45) is 5.92 Å². The van der Waals surface area contributed by atoms with E-state index in [9.17, 15) is 4.79 Å². The Labute approximate surface area is 105 Å². The number of carbonyl (C=O) groups is 1. The monoisotopic (exact) mass is 244 g/mol. The summed E-state index contributed by atoms with van der Waals surface area (Å²) < 4.78 is 5.19. The Morgan fingerprint density at radius 2 is 1.88 bits per heavy atom. The zero-order valence-corrected chi connectivity index (χ0v) is 12.1. The number of rotatable bonds is 6. The fraction of sp³-hybridized carbons (Fsp3) is 0.923. The van der Waals surface area contributed by atoms with Gasteiger partial charge in [0.25, 0.3) is 0 Å². The number of hydrogen-bond donors (Lipinski definition) is 2. The van der Waals surface area contributed by atoms with Crippen LogP contribution in [0.5, 0.6) is 0 Å². The van der Waals surface area contributed by atoms with E-state index in [2.05, 4.69) is 31.4 Å². The van der Waals surface area contributed by atoms with Crippen LogP contribution in [0, 0.1) is 5.92 Å². The summed E-state index contributed by atoms with van der Waals surface area (Å²) in [6, 6.07) is 0.294. The van der Waals surface area contributed by atoms with Gasteiger partial charge in [0.1, 0.15) is 5.60 Å². The predicted octanol–water partition coefficient (Wildman–Crippen LogP) is 2.54. The molecule has 0 aliphatic heterocycles. The zero-order chi connectivity index (χ0) is 13.5. The molecule has 0 rings (SSSR count). The SMILES string of the molecule is CCCNC(CNC(=O)OC(C)(C)C)C(C)C. The summed E-state index contributed by atoms with van der Waals surface area (Å²) >= 11 is 0. The molecule has 0 aliphatic rings. The number of alkyl carbamates (subject to hydrolysis) is 1. The van der Waals surface area contributed by atoms with Gasteiger partial charge in [-0.15, -0.1) is 0 Å². The number of hydrogen-bond acceptors (Lipinski definition) is 3. The van der Waals surface area contributed by atoms with Crippen LogP contribution in [-0.4, -0.2) is 30.8 Å². The van der Waals surface area contributed by atoms with E-state index in [-0.39, 0.29) is 6.09 Å². The van der Waals surface area contributed by atoms with E-state index in [1.165, 1.54) is 0 Å². The molecule has 1 atom stereocenters. The summed E-state index contributed by atoms with van der Waals surface area (Å²) in [6.07, 6.45) is 0.747. The normalized spacial score (nSPS) is 13.6. The van der Waals surface area contributed by atoms with Crippen LogP contribution in [0.15, 0.2) is 0 Å². The molecule has 1 unspecified atom stereocenters. The van der Waals surface area contributed by atoms with Gasteiger partial charge in [-0.25, -0.2) is 4.79 Å². The van der Waals surface area contributed by atoms with Crippen molar-refractivity contribution in [1.29, 1.82) is 0 Å². The number of nitrogens with one attached hydrogen (secondary N) is 2. The Morgan fingerprint density at radius 3 is 2.29 bits per heavy atom. The van der Waals surface area contributed by atoms with E-state index in [1.54, 1.807) is 0 Å². The molecule has 17 heavy (non-hydrogen) atoms. The highest BCUT2D eigenvalue weighted by atomic mass is 16.6. The third-order valence-corrected chi connectivity index (χ3v) is 2.33. The van der Waals surface area contributed by atoms with Crippen molar-refractivity contribution < 1.29 is 9.53 Å². The summed E-state index contributed by atoms with van der Waals surface area (Å²) in [6.45, 7) is 13.6. The molecular formula is C13H28N2O2.